The second kappa shape index (κ2) is 9.11. The van der Waals surface area contributed by atoms with Crippen molar-refractivity contribution in [2.45, 2.75) is 20.0 Å². The van der Waals surface area contributed by atoms with Crippen molar-refractivity contribution in [1.82, 2.24) is 9.13 Å². The zero-order chi connectivity index (χ0) is 22.7. The maximum atomic E-state index is 12.7. The summed E-state index contributed by atoms with van der Waals surface area (Å²) in [6.07, 6.45) is 0. The van der Waals surface area contributed by atoms with Crippen molar-refractivity contribution in [2.75, 3.05) is 5.32 Å². The van der Waals surface area contributed by atoms with Gasteiger partial charge in [0.25, 0.3) is 5.91 Å². The minimum Gasteiger partial charge on any atom is -0.425 e. The number of aromatic nitrogens is 2. The fourth-order valence-corrected chi connectivity index (χ4v) is 3.70. The molecule has 0 unspecified atom stereocenters. The third-order valence-electron chi connectivity index (χ3n) is 4.99. The third-order valence-corrected chi connectivity index (χ3v) is 5.32. The SMILES string of the molecule is CCn1c(=O)n(CC(=O)Oc2ccc(NC(=O)c3ccccc3Cl)cc2)c2ccccc21. The minimum absolute atomic E-state index is 0.211. The van der Waals surface area contributed by atoms with E-state index in [1.54, 1.807) is 59.2 Å². The molecule has 0 aliphatic heterocycles. The van der Waals surface area contributed by atoms with Crippen LogP contribution in [-0.4, -0.2) is 21.0 Å². The number of carbonyl (C=O) groups excluding carboxylic acids is 2. The van der Waals surface area contributed by atoms with Crippen molar-refractivity contribution in [3.05, 3.63) is 93.9 Å². The summed E-state index contributed by atoms with van der Waals surface area (Å²) in [5.74, 6) is -0.607. The fourth-order valence-electron chi connectivity index (χ4n) is 3.47. The van der Waals surface area contributed by atoms with Crippen LogP contribution in [0, 0.1) is 0 Å². The van der Waals surface area contributed by atoms with Crippen molar-refractivity contribution in [3.63, 3.8) is 0 Å². The molecule has 0 saturated carbocycles. The summed E-state index contributed by atoms with van der Waals surface area (Å²) in [4.78, 5) is 37.5. The van der Waals surface area contributed by atoms with Gasteiger partial charge in [0.2, 0.25) is 0 Å². The lowest BCUT2D eigenvalue weighted by Gasteiger charge is -2.08. The number of benzene rings is 3. The Morgan fingerprint density at radius 2 is 1.53 bits per heavy atom. The topological polar surface area (TPSA) is 82.3 Å². The van der Waals surface area contributed by atoms with Gasteiger partial charge in [-0.3, -0.25) is 13.9 Å². The number of carbonyl (C=O) groups is 2. The summed E-state index contributed by atoms with van der Waals surface area (Å²) in [6.45, 7) is 2.17. The summed E-state index contributed by atoms with van der Waals surface area (Å²) in [7, 11) is 0. The second-order valence-corrected chi connectivity index (χ2v) is 7.44. The Morgan fingerprint density at radius 3 is 2.19 bits per heavy atom. The molecule has 1 heterocycles. The van der Waals surface area contributed by atoms with E-state index in [1.807, 2.05) is 25.1 Å². The number of para-hydroxylation sites is 2. The Labute approximate surface area is 188 Å². The van der Waals surface area contributed by atoms with Gasteiger partial charge in [0.15, 0.2) is 0 Å². The zero-order valence-corrected chi connectivity index (χ0v) is 18.0. The molecule has 4 rings (SSSR count). The van der Waals surface area contributed by atoms with Gasteiger partial charge in [-0.15, -0.1) is 0 Å². The lowest BCUT2D eigenvalue weighted by atomic mass is 10.2. The van der Waals surface area contributed by atoms with Gasteiger partial charge in [-0.05, 0) is 55.5 Å². The van der Waals surface area contributed by atoms with Gasteiger partial charge >= 0.3 is 11.7 Å². The second-order valence-electron chi connectivity index (χ2n) is 7.03. The first-order valence-electron chi connectivity index (χ1n) is 10.0. The molecule has 162 valence electrons. The summed E-state index contributed by atoms with van der Waals surface area (Å²) in [5, 5.41) is 3.10. The molecule has 0 bridgehead atoms. The Hall–Kier alpha value is -3.84. The molecule has 32 heavy (non-hydrogen) atoms. The van der Waals surface area contributed by atoms with E-state index in [2.05, 4.69) is 5.32 Å². The van der Waals surface area contributed by atoms with Gasteiger partial charge < -0.3 is 10.1 Å². The van der Waals surface area contributed by atoms with E-state index >= 15 is 0 Å². The maximum absolute atomic E-state index is 12.7. The first-order chi connectivity index (χ1) is 15.5. The number of hydrogen-bond donors (Lipinski definition) is 1. The lowest BCUT2D eigenvalue weighted by Crippen LogP contribution is -2.28. The van der Waals surface area contributed by atoms with Crippen LogP contribution in [0.2, 0.25) is 5.02 Å². The molecule has 3 aromatic carbocycles. The number of aryl methyl sites for hydroxylation is 1. The number of esters is 1. The molecule has 8 heteroatoms. The van der Waals surface area contributed by atoms with Gasteiger partial charge in [-0.1, -0.05) is 35.9 Å². The van der Waals surface area contributed by atoms with Crippen LogP contribution in [0.25, 0.3) is 11.0 Å². The molecule has 7 nitrogen and oxygen atoms in total. The van der Waals surface area contributed by atoms with Gasteiger partial charge in [0.1, 0.15) is 12.3 Å². The van der Waals surface area contributed by atoms with E-state index in [0.717, 1.165) is 5.52 Å². The van der Waals surface area contributed by atoms with Crippen molar-refractivity contribution in [2.24, 2.45) is 0 Å². The third kappa shape index (κ3) is 4.29. The number of nitrogens with one attached hydrogen (secondary N) is 1. The molecule has 0 atom stereocenters. The van der Waals surface area contributed by atoms with Gasteiger partial charge in [0, 0.05) is 12.2 Å². The highest BCUT2D eigenvalue weighted by Gasteiger charge is 2.16. The number of anilines is 1. The van der Waals surface area contributed by atoms with E-state index in [-0.39, 0.29) is 18.1 Å². The normalized spacial score (nSPS) is 10.8. The molecular formula is C24H20ClN3O4. The summed E-state index contributed by atoms with van der Waals surface area (Å²) < 4.78 is 8.40. The summed E-state index contributed by atoms with van der Waals surface area (Å²) in [6, 6.07) is 20.4. The maximum Gasteiger partial charge on any atom is 0.331 e. The molecule has 0 spiro atoms. The molecule has 0 aliphatic rings. The predicted molar refractivity (Wildman–Crippen MR) is 123 cm³/mol. The van der Waals surface area contributed by atoms with Crippen molar-refractivity contribution >= 4 is 40.2 Å². The Kier molecular flexibility index (Phi) is 6.09. The number of nitrogens with zero attached hydrogens (tertiary/aromatic N) is 2. The van der Waals surface area contributed by atoms with Crippen LogP contribution in [0.4, 0.5) is 5.69 Å². The highest BCUT2D eigenvalue weighted by atomic mass is 35.5. The van der Waals surface area contributed by atoms with Crippen LogP contribution >= 0.6 is 11.6 Å². The molecule has 0 radical (unpaired) electrons. The number of amides is 1. The number of ether oxygens (including phenoxy) is 1. The Morgan fingerprint density at radius 1 is 0.906 bits per heavy atom. The number of halogens is 1. The van der Waals surface area contributed by atoms with Crippen LogP contribution in [0.3, 0.4) is 0 Å². The number of fused-ring (bicyclic) bond motifs is 1. The van der Waals surface area contributed by atoms with E-state index in [9.17, 15) is 14.4 Å². The van der Waals surface area contributed by atoms with E-state index < -0.39 is 5.97 Å². The van der Waals surface area contributed by atoms with Gasteiger partial charge in [-0.25, -0.2) is 9.59 Å². The van der Waals surface area contributed by atoms with Crippen molar-refractivity contribution < 1.29 is 14.3 Å². The monoisotopic (exact) mass is 449 g/mol. The van der Waals surface area contributed by atoms with Crippen molar-refractivity contribution in [1.29, 1.82) is 0 Å². The zero-order valence-electron chi connectivity index (χ0n) is 17.2. The Bertz CT molecular complexity index is 1360. The average Bonchev–Trinajstić information content (AvgIpc) is 3.06. The molecule has 1 amide bonds. The fraction of sp³-hybridized carbons (Fsp3) is 0.125. The number of hydrogen-bond acceptors (Lipinski definition) is 4. The Balaban J connectivity index is 1.44. The van der Waals surface area contributed by atoms with E-state index in [0.29, 0.717) is 34.1 Å². The van der Waals surface area contributed by atoms with Crippen LogP contribution < -0.4 is 15.7 Å². The summed E-state index contributed by atoms with van der Waals surface area (Å²) >= 11 is 6.05. The van der Waals surface area contributed by atoms with Crippen LogP contribution in [0.5, 0.6) is 5.75 Å². The van der Waals surface area contributed by atoms with Crippen molar-refractivity contribution in [3.8, 4) is 5.75 Å². The lowest BCUT2D eigenvalue weighted by molar-refractivity contribution is -0.135. The van der Waals surface area contributed by atoms with Crippen LogP contribution in [0.15, 0.2) is 77.6 Å². The molecule has 0 aliphatic carbocycles. The standard InChI is InChI=1S/C24H20ClN3O4/c1-2-27-20-9-5-6-10-21(20)28(24(27)31)15-22(29)32-17-13-11-16(12-14-17)26-23(30)18-7-3-4-8-19(18)25/h3-14H,2,15H2,1H3,(H,26,30). The smallest absolute Gasteiger partial charge is 0.331 e. The van der Waals surface area contributed by atoms with Crippen LogP contribution in [-0.2, 0) is 17.9 Å². The van der Waals surface area contributed by atoms with Gasteiger partial charge in [-0.2, -0.15) is 0 Å². The largest absolute Gasteiger partial charge is 0.425 e. The first kappa shape index (κ1) is 21.4. The molecule has 4 aromatic rings. The molecule has 0 fully saturated rings. The van der Waals surface area contributed by atoms with E-state index in [1.165, 1.54) is 4.57 Å². The van der Waals surface area contributed by atoms with Crippen LogP contribution in [0.1, 0.15) is 17.3 Å². The first-order valence-corrected chi connectivity index (χ1v) is 10.4. The predicted octanol–water partition coefficient (Wildman–Crippen LogP) is 4.33. The highest BCUT2D eigenvalue weighted by Crippen LogP contribution is 2.20. The average molecular weight is 450 g/mol. The number of rotatable bonds is 6. The molecular weight excluding hydrogens is 430 g/mol. The number of imidazole rings is 1. The van der Waals surface area contributed by atoms with E-state index in [4.69, 9.17) is 16.3 Å². The quantitative estimate of drug-likeness (QED) is 0.351. The molecule has 1 N–H and O–H groups in total. The molecule has 0 saturated heterocycles. The minimum atomic E-state index is -0.570. The summed E-state index contributed by atoms with van der Waals surface area (Å²) in [5.41, 5.74) is 2.07. The highest BCUT2D eigenvalue weighted by molar-refractivity contribution is 6.34. The molecule has 1 aromatic heterocycles. The van der Waals surface area contributed by atoms with Gasteiger partial charge in [0.05, 0.1) is 21.6 Å².